The Kier molecular flexibility index (Phi) is 4.10. The topological polar surface area (TPSA) is 49.4 Å². The van der Waals surface area contributed by atoms with Crippen LogP contribution in [0.2, 0.25) is 0 Å². The van der Waals surface area contributed by atoms with Crippen LogP contribution in [-0.2, 0) is 9.84 Å². The Bertz CT molecular complexity index is 356. The van der Waals surface area contributed by atoms with Crippen molar-refractivity contribution in [2.75, 3.05) is 25.9 Å². The molecule has 0 amide bonds. The van der Waals surface area contributed by atoms with E-state index in [9.17, 15) is 8.42 Å². The van der Waals surface area contributed by atoms with Gasteiger partial charge in [-0.15, -0.1) is 0 Å². The zero-order chi connectivity index (χ0) is 12.5. The largest absolute Gasteiger partial charge is 0.314 e. The summed E-state index contributed by atoms with van der Waals surface area (Å²) in [5.74, 6) is 0. The second-order valence-electron chi connectivity index (χ2n) is 5.56. The molecule has 0 aromatic heterocycles. The summed E-state index contributed by atoms with van der Waals surface area (Å²) in [4.78, 5) is 2.51. The van der Waals surface area contributed by atoms with Crippen LogP contribution < -0.4 is 5.32 Å². The fourth-order valence-electron chi connectivity index (χ4n) is 3.21. The molecule has 0 aromatic rings. The maximum Gasteiger partial charge on any atom is 0.150 e. The number of hydrogen-bond acceptors (Lipinski definition) is 4. The van der Waals surface area contributed by atoms with Crippen LogP contribution in [0.15, 0.2) is 0 Å². The van der Waals surface area contributed by atoms with E-state index in [2.05, 4.69) is 17.1 Å². The molecule has 0 spiro atoms. The maximum atomic E-state index is 11.7. The van der Waals surface area contributed by atoms with Crippen LogP contribution in [0.1, 0.15) is 32.6 Å². The van der Waals surface area contributed by atoms with Crippen molar-refractivity contribution in [3.05, 3.63) is 0 Å². The monoisotopic (exact) mass is 260 g/mol. The van der Waals surface area contributed by atoms with Gasteiger partial charge in [0.15, 0.2) is 0 Å². The first-order valence-corrected chi connectivity index (χ1v) is 8.59. The molecule has 2 unspecified atom stereocenters. The average Bonchev–Trinajstić information content (AvgIpc) is 2.29. The van der Waals surface area contributed by atoms with Gasteiger partial charge in [-0.2, -0.15) is 0 Å². The SMILES string of the molecule is C[C@@H]1CNCCN1C1CCCC(S(C)(=O)=O)C1. The first-order chi connectivity index (χ1) is 7.98. The minimum atomic E-state index is -2.86. The highest BCUT2D eigenvalue weighted by Crippen LogP contribution is 2.28. The van der Waals surface area contributed by atoms with E-state index in [0.717, 1.165) is 45.3 Å². The molecule has 1 N–H and O–H groups in total. The summed E-state index contributed by atoms with van der Waals surface area (Å²) in [6, 6.07) is 1.01. The standard InChI is InChI=1S/C12H24N2O2S/c1-10-9-13-6-7-14(10)11-4-3-5-12(8-11)17(2,15)16/h10-13H,3-9H2,1-2H3/t10-,11?,12?/m1/s1. The van der Waals surface area contributed by atoms with Crippen LogP contribution in [0.3, 0.4) is 0 Å². The third-order valence-corrected chi connectivity index (χ3v) is 5.86. The molecule has 2 rings (SSSR count). The number of nitrogens with zero attached hydrogens (tertiary/aromatic N) is 1. The third kappa shape index (κ3) is 3.20. The van der Waals surface area contributed by atoms with Crippen LogP contribution in [0.25, 0.3) is 0 Å². The summed E-state index contributed by atoms with van der Waals surface area (Å²) < 4.78 is 23.3. The van der Waals surface area contributed by atoms with Crippen molar-refractivity contribution < 1.29 is 8.42 Å². The van der Waals surface area contributed by atoms with Gasteiger partial charge >= 0.3 is 0 Å². The fraction of sp³-hybridized carbons (Fsp3) is 1.00. The molecule has 1 saturated heterocycles. The van der Waals surface area contributed by atoms with E-state index >= 15 is 0 Å². The van der Waals surface area contributed by atoms with Gasteiger partial charge in [0.2, 0.25) is 0 Å². The van der Waals surface area contributed by atoms with E-state index < -0.39 is 9.84 Å². The van der Waals surface area contributed by atoms with Gasteiger partial charge in [0.1, 0.15) is 9.84 Å². The number of sulfone groups is 1. The molecule has 4 nitrogen and oxygen atoms in total. The van der Waals surface area contributed by atoms with E-state index in [1.807, 2.05) is 0 Å². The normalized spacial score (nSPS) is 36.9. The zero-order valence-corrected chi connectivity index (χ0v) is 11.7. The fourth-order valence-corrected chi connectivity index (χ4v) is 4.38. The first-order valence-electron chi connectivity index (χ1n) is 6.64. The highest BCUT2D eigenvalue weighted by Gasteiger charge is 2.34. The summed E-state index contributed by atoms with van der Waals surface area (Å²) >= 11 is 0. The minimum absolute atomic E-state index is 0.108. The molecule has 0 aromatic carbocycles. The number of piperazine rings is 1. The van der Waals surface area contributed by atoms with E-state index in [-0.39, 0.29) is 5.25 Å². The van der Waals surface area contributed by atoms with Crippen LogP contribution >= 0.6 is 0 Å². The van der Waals surface area contributed by atoms with Crippen molar-refractivity contribution in [1.29, 1.82) is 0 Å². The van der Waals surface area contributed by atoms with Crippen molar-refractivity contribution in [1.82, 2.24) is 10.2 Å². The minimum Gasteiger partial charge on any atom is -0.314 e. The Labute approximate surface area is 105 Å². The van der Waals surface area contributed by atoms with E-state index in [4.69, 9.17) is 0 Å². The summed E-state index contributed by atoms with van der Waals surface area (Å²) in [6.45, 7) is 5.35. The van der Waals surface area contributed by atoms with Crippen molar-refractivity contribution >= 4 is 9.84 Å². The summed E-state index contributed by atoms with van der Waals surface area (Å²) in [5, 5.41) is 3.28. The van der Waals surface area contributed by atoms with Crippen LogP contribution in [0, 0.1) is 0 Å². The molecule has 1 heterocycles. The van der Waals surface area contributed by atoms with Crippen molar-refractivity contribution in [2.45, 2.75) is 49.9 Å². The molecule has 17 heavy (non-hydrogen) atoms. The predicted molar refractivity (Wildman–Crippen MR) is 69.9 cm³/mol. The van der Waals surface area contributed by atoms with Gasteiger partial charge in [-0.1, -0.05) is 6.42 Å². The average molecular weight is 260 g/mol. The quantitative estimate of drug-likeness (QED) is 0.791. The molecule has 2 fully saturated rings. The van der Waals surface area contributed by atoms with Gasteiger partial charge in [-0.25, -0.2) is 8.42 Å². The Morgan fingerprint density at radius 2 is 2.06 bits per heavy atom. The molecular formula is C12H24N2O2S. The molecule has 1 saturated carbocycles. The van der Waals surface area contributed by atoms with Crippen molar-refractivity contribution in [3.63, 3.8) is 0 Å². The van der Waals surface area contributed by atoms with Gasteiger partial charge < -0.3 is 5.32 Å². The lowest BCUT2D eigenvalue weighted by molar-refractivity contribution is 0.0922. The Hall–Kier alpha value is -0.130. The van der Waals surface area contributed by atoms with Crippen LogP contribution in [0.4, 0.5) is 0 Å². The van der Waals surface area contributed by atoms with Crippen molar-refractivity contribution in [2.24, 2.45) is 0 Å². The van der Waals surface area contributed by atoms with Gasteiger partial charge in [-0.3, -0.25) is 4.90 Å². The number of hydrogen-bond donors (Lipinski definition) is 1. The molecule has 2 aliphatic rings. The summed E-state index contributed by atoms with van der Waals surface area (Å²) in [6.07, 6.45) is 5.30. The highest BCUT2D eigenvalue weighted by atomic mass is 32.2. The second kappa shape index (κ2) is 5.24. The predicted octanol–water partition coefficient (Wildman–Crippen LogP) is 0.636. The Balaban J connectivity index is 2.01. The molecule has 5 heteroatoms. The molecular weight excluding hydrogens is 236 g/mol. The summed E-state index contributed by atoms with van der Waals surface area (Å²) in [5.41, 5.74) is 0. The van der Waals surface area contributed by atoms with E-state index in [1.54, 1.807) is 0 Å². The molecule has 3 atom stereocenters. The third-order valence-electron chi connectivity index (χ3n) is 4.23. The molecule has 0 bridgehead atoms. The van der Waals surface area contributed by atoms with Gasteiger partial charge in [0.05, 0.1) is 5.25 Å². The van der Waals surface area contributed by atoms with Crippen molar-refractivity contribution in [3.8, 4) is 0 Å². The molecule has 0 radical (unpaired) electrons. The second-order valence-corrected chi connectivity index (χ2v) is 7.89. The first kappa shape index (κ1) is 13.3. The number of nitrogens with one attached hydrogen (secondary N) is 1. The molecule has 1 aliphatic heterocycles. The molecule has 100 valence electrons. The number of rotatable bonds is 2. The summed E-state index contributed by atoms with van der Waals surface area (Å²) in [7, 11) is -2.86. The zero-order valence-electron chi connectivity index (χ0n) is 10.9. The highest BCUT2D eigenvalue weighted by molar-refractivity contribution is 7.91. The lowest BCUT2D eigenvalue weighted by atomic mass is 9.92. The van der Waals surface area contributed by atoms with Crippen LogP contribution in [0.5, 0.6) is 0 Å². The maximum absolute atomic E-state index is 11.7. The van der Waals surface area contributed by atoms with E-state index in [0.29, 0.717) is 12.1 Å². The smallest absolute Gasteiger partial charge is 0.150 e. The van der Waals surface area contributed by atoms with E-state index in [1.165, 1.54) is 6.26 Å². The van der Waals surface area contributed by atoms with Crippen LogP contribution in [-0.4, -0.2) is 56.5 Å². The Morgan fingerprint density at radius 3 is 2.71 bits per heavy atom. The van der Waals surface area contributed by atoms with Gasteiger partial charge in [-0.05, 0) is 26.2 Å². The van der Waals surface area contributed by atoms with Gasteiger partial charge in [0, 0.05) is 38.0 Å². The lowest BCUT2D eigenvalue weighted by Gasteiger charge is -2.43. The van der Waals surface area contributed by atoms with Gasteiger partial charge in [0.25, 0.3) is 0 Å². The molecule has 1 aliphatic carbocycles. The lowest BCUT2D eigenvalue weighted by Crippen LogP contribution is -2.55. The Morgan fingerprint density at radius 1 is 1.29 bits per heavy atom.